The Hall–Kier alpha value is -2.09. The molecule has 0 aliphatic heterocycles. The molecule has 0 bridgehead atoms. The highest BCUT2D eigenvalue weighted by Gasteiger charge is 2.21. The van der Waals surface area contributed by atoms with Crippen LogP contribution in [0.5, 0.6) is 5.75 Å². The van der Waals surface area contributed by atoms with Crippen molar-refractivity contribution >= 4 is 33.2 Å². The summed E-state index contributed by atoms with van der Waals surface area (Å²) in [4.78, 5) is 12.2. The van der Waals surface area contributed by atoms with Crippen molar-refractivity contribution in [3.63, 3.8) is 0 Å². The molecule has 26 heavy (non-hydrogen) atoms. The molecule has 2 aromatic rings. The molecule has 6 nitrogen and oxygen atoms in total. The van der Waals surface area contributed by atoms with E-state index in [1.54, 1.807) is 50.2 Å². The Morgan fingerprint density at radius 1 is 1.12 bits per heavy atom. The van der Waals surface area contributed by atoms with Crippen LogP contribution in [0.25, 0.3) is 0 Å². The molecule has 0 spiro atoms. The summed E-state index contributed by atoms with van der Waals surface area (Å²) < 4.78 is 31.8. The van der Waals surface area contributed by atoms with E-state index in [9.17, 15) is 13.2 Å². The van der Waals surface area contributed by atoms with Gasteiger partial charge in [0.2, 0.25) is 10.0 Å². The number of carbonyl (C=O) groups is 1. The van der Waals surface area contributed by atoms with Gasteiger partial charge < -0.3 is 10.1 Å². The van der Waals surface area contributed by atoms with E-state index in [2.05, 4.69) is 5.32 Å². The van der Waals surface area contributed by atoms with Gasteiger partial charge >= 0.3 is 0 Å². The number of hydrogen-bond acceptors (Lipinski definition) is 4. The maximum absolute atomic E-state index is 12.6. The van der Waals surface area contributed by atoms with Crippen molar-refractivity contribution in [2.75, 3.05) is 25.0 Å². The minimum atomic E-state index is -3.58. The zero-order chi connectivity index (χ0) is 19.2. The Morgan fingerprint density at radius 2 is 1.81 bits per heavy atom. The number of nitrogens with zero attached hydrogens (tertiary/aromatic N) is 1. The summed E-state index contributed by atoms with van der Waals surface area (Å²) in [6, 6.07) is 12.9. The Bertz CT molecular complexity index is 867. The zero-order valence-corrected chi connectivity index (χ0v) is 16.2. The van der Waals surface area contributed by atoms with Gasteiger partial charge in [0.05, 0.1) is 4.90 Å². The molecule has 0 aliphatic rings. The molecule has 0 saturated heterocycles. The quantitative estimate of drug-likeness (QED) is 0.742. The van der Waals surface area contributed by atoms with E-state index < -0.39 is 15.9 Å². The number of benzene rings is 2. The lowest BCUT2D eigenvalue weighted by molar-refractivity contribution is -0.118. The molecule has 0 fully saturated rings. The Balaban J connectivity index is 2.05. The van der Waals surface area contributed by atoms with E-state index in [-0.39, 0.29) is 11.5 Å². The van der Waals surface area contributed by atoms with Gasteiger partial charge in [-0.2, -0.15) is 4.31 Å². The molecule has 1 N–H and O–H groups in total. The van der Waals surface area contributed by atoms with E-state index >= 15 is 0 Å². The fourth-order valence-electron chi connectivity index (χ4n) is 2.35. The molecule has 0 saturated carbocycles. The molecular formula is C18H21ClN2O4S. The number of nitrogens with one attached hydrogen (secondary N) is 1. The van der Waals surface area contributed by atoms with Crippen molar-refractivity contribution in [3.8, 4) is 5.75 Å². The molecule has 2 aromatic carbocycles. The Morgan fingerprint density at radius 3 is 2.46 bits per heavy atom. The van der Waals surface area contributed by atoms with Crippen LogP contribution in [0.2, 0.25) is 5.02 Å². The predicted octanol–water partition coefficient (Wildman–Crippen LogP) is 3.39. The van der Waals surface area contributed by atoms with Crippen LogP contribution < -0.4 is 10.1 Å². The summed E-state index contributed by atoms with van der Waals surface area (Å²) in [5.41, 5.74) is 0.387. The molecule has 0 heterocycles. The molecule has 140 valence electrons. The first-order valence-corrected chi connectivity index (χ1v) is 9.97. The van der Waals surface area contributed by atoms with Crippen LogP contribution in [0.1, 0.15) is 13.8 Å². The monoisotopic (exact) mass is 396 g/mol. The van der Waals surface area contributed by atoms with E-state index in [0.29, 0.717) is 29.5 Å². The van der Waals surface area contributed by atoms with E-state index in [4.69, 9.17) is 16.3 Å². The summed E-state index contributed by atoms with van der Waals surface area (Å²) in [6.07, 6.45) is 0. The van der Waals surface area contributed by atoms with Crippen LogP contribution in [0, 0.1) is 0 Å². The van der Waals surface area contributed by atoms with Crippen molar-refractivity contribution in [2.24, 2.45) is 0 Å². The fourth-order valence-corrected chi connectivity index (χ4v) is 4.03. The molecule has 0 radical (unpaired) electrons. The van der Waals surface area contributed by atoms with E-state index in [1.165, 1.54) is 16.4 Å². The van der Waals surface area contributed by atoms with Crippen LogP contribution in [0.4, 0.5) is 5.69 Å². The van der Waals surface area contributed by atoms with Gasteiger partial charge in [-0.1, -0.05) is 37.6 Å². The number of halogens is 1. The van der Waals surface area contributed by atoms with Gasteiger partial charge in [-0.15, -0.1) is 0 Å². The summed E-state index contributed by atoms with van der Waals surface area (Å²) in [7, 11) is -3.58. The Labute approximate surface area is 158 Å². The highest BCUT2D eigenvalue weighted by atomic mass is 35.5. The number of hydrogen-bond donors (Lipinski definition) is 1. The lowest BCUT2D eigenvalue weighted by Crippen LogP contribution is -2.30. The average molecular weight is 397 g/mol. The van der Waals surface area contributed by atoms with Crippen LogP contribution in [-0.4, -0.2) is 38.3 Å². The fraction of sp³-hybridized carbons (Fsp3) is 0.278. The first-order chi connectivity index (χ1) is 12.4. The summed E-state index contributed by atoms with van der Waals surface area (Å²) in [6.45, 7) is 4.10. The van der Waals surface area contributed by atoms with Gasteiger partial charge in [0.1, 0.15) is 5.75 Å². The summed E-state index contributed by atoms with van der Waals surface area (Å²) in [5.74, 6) is 0.0767. The van der Waals surface area contributed by atoms with Gasteiger partial charge in [-0.25, -0.2) is 8.42 Å². The molecule has 0 unspecified atom stereocenters. The van der Waals surface area contributed by atoms with Crippen molar-refractivity contribution in [2.45, 2.75) is 18.7 Å². The summed E-state index contributed by atoms with van der Waals surface area (Å²) >= 11 is 5.86. The predicted molar refractivity (Wildman–Crippen MR) is 102 cm³/mol. The largest absolute Gasteiger partial charge is 0.484 e. The van der Waals surface area contributed by atoms with Crippen molar-refractivity contribution in [1.29, 1.82) is 0 Å². The van der Waals surface area contributed by atoms with Gasteiger partial charge in [0.25, 0.3) is 5.91 Å². The lowest BCUT2D eigenvalue weighted by Gasteiger charge is -2.18. The van der Waals surface area contributed by atoms with Crippen molar-refractivity contribution in [3.05, 3.63) is 53.6 Å². The Kier molecular flexibility index (Phi) is 7.02. The van der Waals surface area contributed by atoms with E-state index in [0.717, 1.165) is 0 Å². The summed E-state index contributed by atoms with van der Waals surface area (Å²) in [5, 5.41) is 3.15. The van der Waals surface area contributed by atoms with Crippen LogP contribution in [0.15, 0.2) is 53.4 Å². The smallest absolute Gasteiger partial charge is 0.262 e. The molecule has 0 aromatic heterocycles. The first kappa shape index (κ1) is 20.2. The lowest BCUT2D eigenvalue weighted by atomic mass is 10.3. The second-order valence-corrected chi connectivity index (χ2v) is 7.79. The highest BCUT2D eigenvalue weighted by molar-refractivity contribution is 7.89. The third kappa shape index (κ3) is 5.20. The molecular weight excluding hydrogens is 376 g/mol. The molecule has 0 atom stereocenters. The van der Waals surface area contributed by atoms with Crippen LogP contribution >= 0.6 is 11.6 Å². The van der Waals surface area contributed by atoms with Gasteiger partial charge in [0.15, 0.2) is 6.61 Å². The standard InChI is InChI=1S/C18H21ClN2O4S/c1-3-21(4-2)26(23,24)17-10-6-8-15(12-17)20-18(22)13-25-16-9-5-7-14(19)11-16/h5-12H,3-4,13H2,1-2H3,(H,20,22). The second-order valence-electron chi connectivity index (χ2n) is 5.41. The number of sulfonamides is 1. The van der Waals surface area contributed by atoms with Crippen molar-refractivity contribution in [1.82, 2.24) is 4.31 Å². The van der Waals surface area contributed by atoms with Crippen molar-refractivity contribution < 1.29 is 17.9 Å². The normalized spacial score (nSPS) is 11.4. The van der Waals surface area contributed by atoms with Crippen LogP contribution in [-0.2, 0) is 14.8 Å². The minimum absolute atomic E-state index is 0.134. The van der Waals surface area contributed by atoms with Crippen LogP contribution in [0.3, 0.4) is 0 Å². The zero-order valence-electron chi connectivity index (χ0n) is 14.6. The highest BCUT2D eigenvalue weighted by Crippen LogP contribution is 2.20. The molecule has 8 heteroatoms. The number of anilines is 1. The molecule has 1 amide bonds. The maximum atomic E-state index is 12.6. The number of ether oxygens (including phenoxy) is 1. The first-order valence-electron chi connectivity index (χ1n) is 8.15. The molecule has 0 aliphatic carbocycles. The number of amides is 1. The molecule has 2 rings (SSSR count). The maximum Gasteiger partial charge on any atom is 0.262 e. The van der Waals surface area contributed by atoms with Gasteiger partial charge in [-0.05, 0) is 36.4 Å². The second kappa shape index (κ2) is 9.02. The minimum Gasteiger partial charge on any atom is -0.484 e. The third-order valence-corrected chi connectivity index (χ3v) is 5.91. The third-order valence-electron chi connectivity index (χ3n) is 3.63. The average Bonchev–Trinajstić information content (AvgIpc) is 2.61. The van der Waals surface area contributed by atoms with Gasteiger partial charge in [0, 0.05) is 23.8 Å². The number of rotatable bonds is 8. The van der Waals surface area contributed by atoms with E-state index in [1.807, 2.05) is 0 Å². The topological polar surface area (TPSA) is 75.7 Å². The number of carbonyl (C=O) groups excluding carboxylic acids is 1. The SMILES string of the molecule is CCN(CC)S(=O)(=O)c1cccc(NC(=O)COc2cccc(Cl)c2)c1. The van der Waals surface area contributed by atoms with Gasteiger partial charge in [-0.3, -0.25) is 4.79 Å².